The molecule has 1 aliphatic rings. The Kier molecular flexibility index (Phi) is 4.82. The van der Waals surface area contributed by atoms with E-state index in [1.54, 1.807) is 6.20 Å². The fourth-order valence-corrected chi connectivity index (χ4v) is 5.63. The number of amides is 1. The molecule has 31 heavy (non-hydrogen) atoms. The number of carbonyl (C=O) groups is 1. The Bertz CT molecular complexity index is 1420. The molecular weight excluding hydrogens is 410 g/mol. The highest BCUT2D eigenvalue weighted by molar-refractivity contribution is 7.92. The first kappa shape index (κ1) is 19.5. The summed E-state index contributed by atoms with van der Waals surface area (Å²) in [7, 11) is -3.53. The molecule has 156 valence electrons. The van der Waals surface area contributed by atoms with Crippen molar-refractivity contribution in [2.75, 3.05) is 23.1 Å². The van der Waals surface area contributed by atoms with Crippen molar-refractivity contribution in [2.45, 2.75) is 6.42 Å². The van der Waals surface area contributed by atoms with Gasteiger partial charge in [0.15, 0.2) is 0 Å². The van der Waals surface area contributed by atoms with E-state index in [0.717, 1.165) is 27.4 Å². The van der Waals surface area contributed by atoms with Crippen molar-refractivity contribution in [2.24, 2.45) is 0 Å². The summed E-state index contributed by atoms with van der Waals surface area (Å²) in [6.07, 6.45) is 2.36. The maximum absolute atomic E-state index is 12.9. The largest absolute Gasteiger partial charge is 0.351 e. The number of hydrogen-bond acceptors (Lipinski definition) is 4. The van der Waals surface area contributed by atoms with Gasteiger partial charge in [0.25, 0.3) is 5.91 Å². The third-order valence-corrected chi connectivity index (χ3v) is 7.46. The molecule has 0 saturated carbocycles. The number of nitrogens with one attached hydrogen (secondary N) is 1. The van der Waals surface area contributed by atoms with Gasteiger partial charge in [-0.05, 0) is 41.0 Å². The Morgan fingerprint density at radius 1 is 1.00 bits per heavy atom. The number of hydrogen-bond donors (Lipinski definition) is 1. The van der Waals surface area contributed by atoms with Gasteiger partial charge in [-0.3, -0.25) is 14.1 Å². The van der Waals surface area contributed by atoms with Gasteiger partial charge in [0, 0.05) is 24.7 Å². The molecule has 7 heteroatoms. The van der Waals surface area contributed by atoms with Crippen molar-refractivity contribution in [1.29, 1.82) is 0 Å². The van der Waals surface area contributed by atoms with Crippen LogP contribution < -0.4 is 9.62 Å². The third-order valence-electron chi connectivity index (χ3n) is 5.68. The first-order valence-corrected chi connectivity index (χ1v) is 11.8. The van der Waals surface area contributed by atoms with Gasteiger partial charge in [0.05, 0.1) is 22.5 Å². The van der Waals surface area contributed by atoms with Crippen molar-refractivity contribution in [3.8, 4) is 0 Å². The monoisotopic (exact) mass is 431 g/mol. The molecule has 0 saturated heterocycles. The molecule has 6 nitrogen and oxygen atoms in total. The molecule has 2 heterocycles. The number of fused-ring (bicyclic) bond motifs is 4. The quantitative estimate of drug-likeness (QED) is 0.491. The van der Waals surface area contributed by atoms with Gasteiger partial charge < -0.3 is 5.32 Å². The van der Waals surface area contributed by atoms with Crippen LogP contribution in [0.15, 0.2) is 72.9 Å². The van der Waals surface area contributed by atoms with Gasteiger partial charge in [0.1, 0.15) is 0 Å². The van der Waals surface area contributed by atoms with Crippen LogP contribution in [0.5, 0.6) is 0 Å². The van der Waals surface area contributed by atoms with Crippen LogP contribution in [0, 0.1) is 0 Å². The summed E-state index contributed by atoms with van der Waals surface area (Å²) >= 11 is 0. The van der Waals surface area contributed by atoms with Crippen molar-refractivity contribution in [3.63, 3.8) is 0 Å². The number of carbonyl (C=O) groups excluding carboxylic acids is 1. The maximum atomic E-state index is 12.9. The fourth-order valence-electron chi connectivity index (χ4n) is 4.20. The molecule has 5 rings (SSSR count). The third kappa shape index (κ3) is 3.51. The summed E-state index contributed by atoms with van der Waals surface area (Å²) < 4.78 is 27.2. The van der Waals surface area contributed by atoms with Gasteiger partial charge in [-0.2, -0.15) is 0 Å². The number of para-hydroxylation sites is 1. The molecule has 0 spiro atoms. The molecule has 0 atom stereocenters. The zero-order valence-corrected chi connectivity index (χ0v) is 17.6. The van der Waals surface area contributed by atoms with Gasteiger partial charge in [-0.1, -0.05) is 48.5 Å². The first-order valence-electron chi connectivity index (χ1n) is 10.2. The normalized spacial score (nSPS) is 13.5. The molecule has 0 bridgehead atoms. The molecule has 1 amide bonds. The van der Waals surface area contributed by atoms with Crippen molar-refractivity contribution >= 4 is 43.3 Å². The summed E-state index contributed by atoms with van der Waals surface area (Å²) in [5.74, 6) is -0.488. The molecule has 0 radical (unpaired) electrons. The summed E-state index contributed by atoms with van der Waals surface area (Å²) in [5, 5.41) is 5.63. The molecule has 1 N–H and O–H groups in total. The lowest BCUT2D eigenvalue weighted by atomic mass is 10.0. The smallest absolute Gasteiger partial charge is 0.253 e. The van der Waals surface area contributed by atoms with Crippen LogP contribution in [0.3, 0.4) is 0 Å². The zero-order valence-electron chi connectivity index (χ0n) is 16.8. The van der Waals surface area contributed by atoms with E-state index in [1.807, 2.05) is 66.7 Å². The highest BCUT2D eigenvalue weighted by Crippen LogP contribution is 2.30. The van der Waals surface area contributed by atoms with E-state index in [9.17, 15) is 13.2 Å². The Hall–Kier alpha value is -3.45. The summed E-state index contributed by atoms with van der Waals surface area (Å²) in [6, 6.07) is 21.0. The number of nitrogens with zero attached hydrogens (tertiary/aromatic N) is 2. The van der Waals surface area contributed by atoms with E-state index >= 15 is 0 Å². The van der Waals surface area contributed by atoms with E-state index in [4.69, 9.17) is 0 Å². The number of pyridine rings is 1. The highest BCUT2D eigenvalue weighted by atomic mass is 32.2. The van der Waals surface area contributed by atoms with Crippen LogP contribution in [0.25, 0.3) is 21.7 Å². The van der Waals surface area contributed by atoms with Crippen LogP contribution in [0.1, 0.15) is 15.9 Å². The van der Waals surface area contributed by atoms with Crippen molar-refractivity contribution < 1.29 is 13.2 Å². The Morgan fingerprint density at radius 2 is 1.77 bits per heavy atom. The summed E-state index contributed by atoms with van der Waals surface area (Å²) in [6.45, 7) is 0.468. The molecule has 0 unspecified atom stereocenters. The molecule has 0 aliphatic carbocycles. The topological polar surface area (TPSA) is 79.4 Å². The Labute approximate surface area is 180 Å². The average Bonchev–Trinajstić information content (AvgIpc) is 3.23. The first-order chi connectivity index (χ1) is 15.0. The molecule has 1 aromatic heterocycles. The van der Waals surface area contributed by atoms with Gasteiger partial charge in [-0.15, -0.1) is 0 Å². The van der Waals surface area contributed by atoms with Gasteiger partial charge in [-0.25, -0.2) is 8.42 Å². The maximum Gasteiger partial charge on any atom is 0.253 e. The second kappa shape index (κ2) is 7.67. The summed E-state index contributed by atoms with van der Waals surface area (Å²) in [4.78, 5) is 17.4. The van der Waals surface area contributed by atoms with E-state index in [0.29, 0.717) is 24.0 Å². The van der Waals surface area contributed by atoms with E-state index in [2.05, 4.69) is 10.3 Å². The van der Waals surface area contributed by atoms with Crippen LogP contribution >= 0.6 is 0 Å². The van der Waals surface area contributed by atoms with Crippen LogP contribution in [0.2, 0.25) is 0 Å². The van der Waals surface area contributed by atoms with Gasteiger partial charge >= 0.3 is 0 Å². The second-order valence-corrected chi connectivity index (χ2v) is 9.58. The predicted molar refractivity (Wildman–Crippen MR) is 123 cm³/mol. The SMILES string of the molecule is O=C(NCCS(=O)(=O)N1CCc2ccccc21)c1cc2ccccc2c2cccnc12. The number of anilines is 1. The predicted octanol–water partition coefficient (Wildman–Crippen LogP) is 3.51. The van der Waals surface area contributed by atoms with Crippen LogP contribution in [0.4, 0.5) is 5.69 Å². The minimum absolute atomic E-state index is 0.0288. The minimum Gasteiger partial charge on any atom is -0.351 e. The minimum atomic E-state index is -3.53. The fraction of sp³-hybridized carbons (Fsp3) is 0.167. The van der Waals surface area contributed by atoms with Gasteiger partial charge in [0.2, 0.25) is 10.0 Å². The standard InChI is InChI=1S/C24H21N3O3S/c28-24(21-16-18-7-1-3-8-19(18)20-9-5-12-25-23(20)21)26-13-15-31(29,30)27-14-11-17-6-2-4-10-22(17)27/h1-10,12,16H,11,13-15H2,(H,26,28). The Morgan fingerprint density at radius 3 is 2.68 bits per heavy atom. The lowest BCUT2D eigenvalue weighted by Crippen LogP contribution is -2.37. The van der Waals surface area contributed by atoms with E-state index in [-0.39, 0.29) is 18.2 Å². The molecule has 3 aromatic carbocycles. The molecule has 4 aromatic rings. The summed E-state index contributed by atoms with van der Waals surface area (Å²) in [5.41, 5.74) is 2.82. The highest BCUT2D eigenvalue weighted by Gasteiger charge is 2.28. The second-order valence-electron chi connectivity index (χ2n) is 7.57. The van der Waals surface area contributed by atoms with E-state index < -0.39 is 10.0 Å². The number of sulfonamides is 1. The molecule has 1 aliphatic heterocycles. The van der Waals surface area contributed by atoms with Crippen molar-refractivity contribution in [3.05, 3.63) is 84.1 Å². The van der Waals surface area contributed by atoms with Crippen LogP contribution in [-0.2, 0) is 16.4 Å². The average molecular weight is 432 g/mol. The molecule has 0 fully saturated rings. The lowest BCUT2D eigenvalue weighted by molar-refractivity contribution is 0.0957. The number of aromatic nitrogens is 1. The number of benzene rings is 3. The lowest BCUT2D eigenvalue weighted by Gasteiger charge is -2.19. The van der Waals surface area contributed by atoms with E-state index in [1.165, 1.54) is 4.31 Å². The number of rotatable bonds is 5. The Balaban J connectivity index is 1.36. The molecular formula is C24H21N3O3S. The zero-order chi connectivity index (χ0) is 21.4. The van der Waals surface area contributed by atoms with Crippen LogP contribution in [-0.4, -0.2) is 38.2 Å². The van der Waals surface area contributed by atoms with Crippen molar-refractivity contribution in [1.82, 2.24) is 10.3 Å².